The molecule has 0 fully saturated rings. The van der Waals surface area contributed by atoms with Gasteiger partial charge in [-0.15, -0.1) is 0 Å². The number of nitrogens with zero attached hydrogens (tertiary/aromatic N) is 3. The highest BCUT2D eigenvalue weighted by molar-refractivity contribution is 5.88. The molecule has 102 valence electrons. The Labute approximate surface area is 115 Å². The molecule has 0 aliphatic heterocycles. The minimum Gasteiger partial charge on any atom is -0.487 e. The Hall–Kier alpha value is -2.81. The summed E-state index contributed by atoms with van der Waals surface area (Å²) in [5, 5.41) is 21.5. The van der Waals surface area contributed by atoms with Gasteiger partial charge in [0.1, 0.15) is 17.9 Å². The van der Waals surface area contributed by atoms with Crippen LogP contribution < -0.4 is 4.74 Å². The zero-order chi connectivity index (χ0) is 14.5. The Morgan fingerprint density at radius 3 is 2.75 bits per heavy atom. The smallest absolute Gasteiger partial charge is 0.339 e. The number of nitriles is 1. The molecule has 6 heteroatoms. The third-order valence-corrected chi connectivity index (χ3v) is 2.87. The van der Waals surface area contributed by atoms with Gasteiger partial charge in [0.25, 0.3) is 0 Å². The third kappa shape index (κ3) is 2.95. The molecule has 0 atom stereocenters. The van der Waals surface area contributed by atoms with E-state index in [4.69, 9.17) is 15.1 Å². The molecule has 1 aromatic carbocycles. The van der Waals surface area contributed by atoms with Crippen molar-refractivity contribution in [1.82, 2.24) is 9.78 Å². The number of carboxylic acids is 1. The molecule has 20 heavy (non-hydrogen) atoms. The maximum Gasteiger partial charge on any atom is 0.339 e. The fourth-order valence-corrected chi connectivity index (χ4v) is 1.76. The van der Waals surface area contributed by atoms with Gasteiger partial charge in [0.15, 0.2) is 0 Å². The monoisotopic (exact) mass is 271 g/mol. The number of aromatic carboxylic acids is 1. The molecule has 0 unspecified atom stereocenters. The van der Waals surface area contributed by atoms with E-state index in [1.54, 1.807) is 31.3 Å². The van der Waals surface area contributed by atoms with E-state index in [0.717, 1.165) is 5.56 Å². The summed E-state index contributed by atoms with van der Waals surface area (Å²) in [5.74, 6) is -0.412. The summed E-state index contributed by atoms with van der Waals surface area (Å²) >= 11 is 0. The van der Waals surface area contributed by atoms with Crippen LogP contribution in [0.15, 0.2) is 30.5 Å². The van der Waals surface area contributed by atoms with Crippen LogP contribution in [0.25, 0.3) is 0 Å². The highest BCUT2D eigenvalue weighted by atomic mass is 16.5. The summed E-state index contributed by atoms with van der Waals surface area (Å²) in [6.07, 6.45) is 1.65. The summed E-state index contributed by atoms with van der Waals surface area (Å²) in [7, 11) is 1.67. The second kappa shape index (κ2) is 5.89. The fraction of sp³-hybridized carbons (Fsp3) is 0.214. The van der Waals surface area contributed by atoms with E-state index in [0.29, 0.717) is 17.9 Å². The van der Waals surface area contributed by atoms with Crippen molar-refractivity contribution in [3.05, 3.63) is 47.3 Å². The van der Waals surface area contributed by atoms with Gasteiger partial charge >= 0.3 is 5.97 Å². The van der Waals surface area contributed by atoms with Crippen molar-refractivity contribution < 1.29 is 14.6 Å². The van der Waals surface area contributed by atoms with E-state index in [9.17, 15) is 4.79 Å². The molecule has 0 radical (unpaired) electrons. The maximum atomic E-state index is 11.0. The first-order valence-electron chi connectivity index (χ1n) is 5.94. The van der Waals surface area contributed by atoms with E-state index < -0.39 is 5.97 Å². The fourth-order valence-electron chi connectivity index (χ4n) is 1.76. The normalized spacial score (nSPS) is 10.0. The molecular weight excluding hydrogens is 258 g/mol. The van der Waals surface area contributed by atoms with Gasteiger partial charge in [-0.05, 0) is 17.7 Å². The van der Waals surface area contributed by atoms with Crippen molar-refractivity contribution >= 4 is 5.97 Å². The molecule has 0 spiro atoms. The molecule has 6 nitrogen and oxygen atoms in total. The Morgan fingerprint density at radius 1 is 1.45 bits per heavy atom. The first kappa shape index (κ1) is 13.6. The number of carbonyl (C=O) groups is 1. The second-order valence-corrected chi connectivity index (χ2v) is 4.20. The van der Waals surface area contributed by atoms with E-state index >= 15 is 0 Å². The number of hydrogen-bond acceptors (Lipinski definition) is 4. The van der Waals surface area contributed by atoms with Crippen LogP contribution >= 0.6 is 0 Å². The van der Waals surface area contributed by atoms with Crippen molar-refractivity contribution in [2.75, 3.05) is 0 Å². The summed E-state index contributed by atoms with van der Waals surface area (Å²) in [5.41, 5.74) is 1.54. The minimum atomic E-state index is -1.03. The molecule has 0 saturated heterocycles. The van der Waals surface area contributed by atoms with Crippen molar-refractivity contribution in [3.63, 3.8) is 0 Å². The van der Waals surface area contributed by atoms with E-state index in [2.05, 4.69) is 11.2 Å². The number of carboxylic acid groups (broad SMARTS) is 1. The lowest BCUT2D eigenvalue weighted by Crippen LogP contribution is -2.08. The Balaban J connectivity index is 2.07. The predicted molar refractivity (Wildman–Crippen MR) is 70.3 cm³/mol. The van der Waals surface area contributed by atoms with Crippen LogP contribution in [0.2, 0.25) is 0 Å². The first-order chi connectivity index (χ1) is 9.61. The number of benzene rings is 1. The zero-order valence-electron chi connectivity index (χ0n) is 10.9. The Kier molecular flexibility index (Phi) is 4.01. The van der Waals surface area contributed by atoms with Crippen LogP contribution in [-0.2, 0) is 20.1 Å². The zero-order valence-corrected chi connectivity index (χ0v) is 10.9. The molecule has 1 N–H and O–H groups in total. The molecule has 1 heterocycles. The molecule has 0 aliphatic carbocycles. The average Bonchev–Trinajstić information content (AvgIpc) is 2.80. The standard InChI is InChI=1S/C14H13N3O3/c1-17-13(12(8-16-17)14(18)19)9-20-11-4-2-10(3-5-11)6-7-15/h2-5,8H,6,9H2,1H3,(H,18,19). The quantitative estimate of drug-likeness (QED) is 0.895. The molecular formula is C14H13N3O3. The molecule has 2 rings (SSSR count). The maximum absolute atomic E-state index is 11.0. The molecule has 1 aromatic heterocycles. The molecule has 0 aliphatic rings. The largest absolute Gasteiger partial charge is 0.487 e. The Morgan fingerprint density at radius 2 is 2.15 bits per heavy atom. The number of aromatic nitrogens is 2. The minimum absolute atomic E-state index is 0.121. The van der Waals surface area contributed by atoms with Crippen LogP contribution in [0.3, 0.4) is 0 Å². The van der Waals surface area contributed by atoms with Gasteiger partial charge in [-0.3, -0.25) is 4.68 Å². The van der Waals surface area contributed by atoms with Gasteiger partial charge in [-0.2, -0.15) is 10.4 Å². The SMILES string of the molecule is Cn1ncc(C(=O)O)c1COc1ccc(CC#N)cc1. The second-order valence-electron chi connectivity index (χ2n) is 4.20. The van der Waals surface area contributed by atoms with Crippen molar-refractivity contribution in [1.29, 1.82) is 5.26 Å². The van der Waals surface area contributed by atoms with Crippen molar-refractivity contribution in [2.45, 2.75) is 13.0 Å². The van der Waals surface area contributed by atoms with Crippen LogP contribution in [0, 0.1) is 11.3 Å². The Bertz CT molecular complexity index is 653. The highest BCUT2D eigenvalue weighted by Crippen LogP contribution is 2.16. The van der Waals surface area contributed by atoms with Crippen molar-refractivity contribution in [3.8, 4) is 11.8 Å². The van der Waals surface area contributed by atoms with Gasteiger partial charge in [0, 0.05) is 7.05 Å². The van der Waals surface area contributed by atoms with Gasteiger partial charge in [0.2, 0.25) is 0 Å². The molecule has 2 aromatic rings. The lowest BCUT2D eigenvalue weighted by Gasteiger charge is -2.08. The lowest BCUT2D eigenvalue weighted by atomic mass is 10.2. The average molecular weight is 271 g/mol. The predicted octanol–water partition coefficient (Wildman–Crippen LogP) is 1.76. The highest BCUT2D eigenvalue weighted by Gasteiger charge is 2.15. The summed E-state index contributed by atoms with van der Waals surface area (Å²) in [4.78, 5) is 11.0. The number of rotatable bonds is 5. The number of aryl methyl sites for hydroxylation is 1. The summed E-state index contributed by atoms with van der Waals surface area (Å²) in [6.45, 7) is 0.121. The molecule has 0 amide bonds. The number of hydrogen-bond donors (Lipinski definition) is 1. The van der Waals surface area contributed by atoms with Crippen LogP contribution in [-0.4, -0.2) is 20.9 Å². The van der Waals surface area contributed by atoms with Crippen molar-refractivity contribution in [2.24, 2.45) is 7.05 Å². The molecule has 0 saturated carbocycles. The van der Waals surface area contributed by atoms with E-state index in [1.165, 1.54) is 10.9 Å². The first-order valence-corrected chi connectivity index (χ1v) is 5.94. The topological polar surface area (TPSA) is 88.1 Å². The third-order valence-electron chi connectivity index (χ3n) is 2.87. The summed E-state index contributed by atoms with van der Waals surface area (Å²) < 4.78 is 7.03. The van der Waals surface area contributed by atoms with E-state index in [1.807, 2.05) is 0 Å². The van der Waals surface area contributed by atoms with Crippen LogP contribution in [0.5, 0.6) is 5.75 Å². The van der Waals surface area contributed by atoms with Gasteiger partial charge in [0.05, 0.1) is 24.4 Å². The van der Waals surface area contributed by atoms with Crippen LogP contribution in [0.1, 0.15) is 21.6 Å². The number of ether oxygens (including phenoxy) is 1. The summed E-state index contributed by atoms with van der Waals surface area (Å²) in [6, 6.07) is 9.19. The lowest BCUT2D eigenvalue weighted by molar-refractivity contribution is 0.0693. The van der Waals surface area contributed by atoms with Gasteiger partial charge in [-0.25, -0.2) is 4.79 Å². The van der Waals surface area contributed by atoms with E-state index in [-0.39, 0.29) is 12.2 Å². The van der Waals surface area contributed by atoms with Gasteiger partial charge in [-0.1, -0.05) is 12.1 Å². The molecule has 0 bridgehead atoms. The van der Waals surface area contributed by atoms with Gasteiger partial charge < -0.3 is 9.84 Å². The van der Waals surface area contributed by atoms with Crippen LogP contribution in [0.4, 0.5) is 0 Å².